The minimum absolute atomic E-state index is 0.0283. The first kappa shape index (κ1) is 12.5. The molecule has 0 aromatic heterocycles. The first-order valence-electron chi connectivity index (χ1n) is 4.55. The molecule has 0 saturated carbocycles. The molecule has 0 unspecified atom stereocenters. The standard InChI is InChI=1S/C12H10BrNO2/c1-8(11(7-14)12(15)16-2)9-4-3-5-10(13)6-9/h3-6H,1-2H3/b11-8-. The molecule has 3 nitrogen and oxygen atoms in total. The number of nitrogens with zero attached hydrogens (tertiary/aromatic N) is 1. The van der Waals surface area contributed by atoms with E-state index in [1.807, 2.05) is 30.3 Å². The van der Waals surface area contributed by atoms with Crippen molar-refractivity contribution in [1.82, 2.24) is 0 Å². The van der Waals surface area contributed by atoms with Gasteiger partial charge in [0, 0.05) is 4.47 Å². The van der Waals surface area contributed by atoms with E-state index in [0.29, 0.717) is 5.57 Å². The average Bonchev–Trinajstić information content (AvgIpc) is 2.29. The van der Waals surface area contributed by atoms with Crippen molar-refractivity contribution >= 4 is 27.5 Å². The molecule has 0 aliphatic heterocycles. The molecular weight excluding hydrogens is 270 g/mol. The lowest BCUT2D eigenvalue weighted by Crippen LogP contribution is -2.05. The minimum atomic E-state index is -0.611. The zero-order valence-electron chi connectivity index (χ0n) is 8.95. The molecule has 16 heavy (non-hydrogen) atoms. The molecule has 1 aromatic carbocycles. The summed E-state index contributed by atoms with van der Waals surface area (Å²) in [5, 5.41) is 8.91. The largest absolute Gasteiger partial charge is 0.465 e. The molecule has 0 atom stereocenters. The number of hydrogen-bond acceptors (Lipinski definition) is 3. The lowest BCUT2D eigenvalue weighted by atomic mass is 10.0. The quantitative estimate of drug-likeness (QED) is 0.475. The average molecular weight is 280 g/mol. The van der Waals surface area contributed by atoms with E-state index in [1.165, 1.54) is 7.11 Å². The smallest absolute Gasteiger partial charge is 0.348 e. The van der Waals surface area contributed by atoms with E-state index >= 15 is 0 Å². The van der Waals surface area contributed by atoms with Gasteiger partial charge in [0.15, 0.2) is 0 Å². The Hall–Kier alpha value is -1.60. The highest BCUT2D eigenvalue weighted by Crippen LogP contribution is 2.22. The van der Waals surface area contributed by atoms with Crippen molar-refractivity contribution in [3.8, 4) is 6.07 Å². The second kappa shape index (κ2) is 5.47. The molecule has 0 aliphatic rings. The highest BCUT2D eigenvalue weighted by atomic mass is 79.9. The summed E-state index contributed by atoms with van der Waals surface area (Å²) in [4.78, 5) is 11.3. The third kappa shape index (κ3) is 2.71. The fraction of sp³-hybridized carbons (Fsp3) is 0.167. The second-order valence-electron chi connectivity index (χ2n) is 3.11. The van der Waals surface area contributed by atoms with Gasteiger partial charge in [-0.3, -0.25) is 0 Å². The number of methoxy groups -OCH3 is 1. The second-order valence-corrected chi connectivity index (χ2v) is 4.03. The maximum atomic E-state index is 11.3. The number of halogens is 1. The SMILES string of the molecule is COC(=O)/C(C#N)=C(/C)c1cccc(Br)c1. The van der Waals surface area contributed by atoms with Crippen molar-refractivity contribution in [2.24, 2.45) is 0 Å². The van der Waals surface area contributed by atoms with Gasteiger partial charge in [-0.15, -0.1) is 0 Å². The zero-order valence-corrected chi connectivity index (χ0v) is 10.5. The zero-order chi connectivity index (χ0) is 12.1. The Labute approximate surface area is 102 Å². The number of carbonyl (C=O) groups is 1. The highest BCUT2D eigenvalue weighted by Gasteiger charge is 2.13. The van der Waals surface area contributed by atoms with E-state index in [-0.39, 0.29) is 5.57 Å². The third-order valence-corrected chi connectivity index (χ3v) is 2.63. The van der Waals surface area contributed by atoms with Crippen molar-refractivity contribution in [1.29, 1.82) is 5.26 Å². The Morgan fingerprint density at radius 1 is 1.50 bits per heavy atom. The van der Waals surface area contributed by atoms with Gasteiger partial charge in [-0.05, 0) is 30.2 Å². The molecule has 0 radical (unpaired) electrons. The van der Waals surface area contributed by atoms with Crippen LogP contribution in [0.4, 0.5) is 0 Å². The molecule has 82 valence electrons. The van der Waals surface area contributed by atoms with Crippen LogP contribution in [-0.2, 0) is 9.53 Å². The molecule has 0 spiro atoms. The molecule has 0 heterocycles. The van der Waals surface area contributed by atoms with Crippen LogP contribution in [0.2, 0.25) is 0 Å². The summed E-state index contributed by atoms with van der Waals surface area (Å²) in [5.74, 6) is -0.611. The summed E-state index contributed by atoms with van der Waals surface area (Å²) < 4.78 is 5.44. The first-order chi connectivity index (χ1) is 7.60. The fourth-order valence-electron chi connectivity index (χ4n) is 1.25. The van der Waals surface area contributed by atoms with E-state index < -0.39 is 5.97 Å². The molecule has 0 N–H and O–H groups in total. The number of nitriles is 1. The van der Waals surface area contributed by atoms with Gasteiger partial charge in [0.2, 0.25) is 0 Å². The molecule has 0 fully saturated rings. The van der Waals surface area contributed by atoms with Crippen LogP contribution in [0.15, 0.2) is 34.3 Å². The first-order valence-corrected chi connectivity index (χ1v) is 5.34. The summed E-state index contributed by atoms with van der Waals surface area (Å²) in [5.41, 5.74) is 1.45. The van der Waals surface area contributed by atoms with Crippen LogP contribution in [0.25, 0.3) is 5.57 Å². The van der Waals surface area contributed by atoms with E-state index in [0.717, 1.165) is 10.0 Å². The van der Waals surface area contributed by atoms with Crippen LogP contribution in [-0.4, -0.2) is 13.1 Å². The third-order valence-electron chi connectivity index (χ3n) is 2.13. The Morgan fingerprint density at radius 2 is 2.19 bits per heavy atom. The van der Waals surface area contributed by atoms with Crippen molar-refractivity contribution in [2.45, 2.75) is 6.92 Å². The van der Waals surface area contributed by atoms with E-state index in [2.05, 4.69) is 20.7 Å². The molecule has 1 rings (SSSR count). The Kier molecular flexibility index (Phi) is 4.27. The fourth-order valence-corrected chi connectivity index (χ4v) is 1.65. The predicted molar refractivity (Wildman–Crippen MR) is 64.4 cm³/mol. The van der Waals surface area contributed by atoms with E-state index in [4.69, 9.17) is 5.26 Å². The Balaban J connectivity index is 3.26. The van der Waals surface area contributed by atoms with Crippen LogP contribution in [0.5, 0.6) is 0 Å². The summed E-state index contributed by atoms with van der Waals surface area (Å²) in [6, 6.07) is 9.26. The number of rotatable bonds is 2. The van der Waals surface area contributed by atoms with Crippen LogP contribution >= 0.6 is 15.9 Å². The van der Waals surface area contributed by atoms with Crippen molar-refractivity contribution in [3.63, 3.8) is 0 Å². The van der Waals surface area contributed by atoms with Gasteiger partial charge in [-0.2, -0.15) is 5.26 Å². The molecule has 0 saturated heterocycles. The van der Waals surface area contributed by atoms with Crippen LogP contribution < -0.4 is 0 Å². The van der Waals surface area contributed by atoms with Crippen molar-refractivity contribution in [2.75, 3.05) is 7.11 Å². The summed E-state index contributed by atoms with van der Waals surface area (Å²) in [6.45, 7) is 1.72. The van der Waals surface area contributed by atoms with Gasteiger partial charge in [0.05, 0.1) is 7.11 Å². The van der Waals surface area contributed by atoms with Gasteiger partial charge in [0.1, 0.15) is 11.6 Å². The monoisotopic (exact) mass is 279 g/mol. The normalized spacial score (nSPS) is 11.4. The minimum Gasteiger partial charge on any atom is -0.465 e. The van der Waals surface area contributed by atoms with Crippen LogP contribution in [0.1, 0.15) is 12.5 Å². The van der Waals surface area contributed by atoms with Crippen LogP contribution in [0, 0.1) is 11.3 Å². The summed E-state index contributed by atoms with van der Waals surface area (Å²) in [6.07, 6.45) is 0. The Bertz CT molecular complexity index is 486. The van der Waals surface area contributed by atoms with E-state index in [9.17, 15) is 4.79 Å². The molecule has 0 aliphatic carbocycles. The molecule has 4 heteroatoms. The van der Waals surface area contributed by atoms with Crippen LogP contribution in [0.3, 0.4) is 0 Å². The lowest BCUT2D eigenvalue weighted by molar-refractivity contribution is -0.135. The maximum Gasteiger partial charge on any atom is 0.348 e. The van der Waals surface area contributed by atoms with Gasteiger partial charge in [-0.25, -0.2) is 4.79 Å². The topological polar surface area (TPSA) is 50.1 Å². The number of allylic oxidation sites excluding steroid dienone is 1. The van der Waals surface area contributed by atoms with Crippen molar-refractivity contribution < 1.29 is 9.53 Å². The Morgan fingerprint density at radius 3 is 2.69 bits per heavy atom. The lowest BCUT2D eigenvalue weighted by Gasteiger charge is -2.04. The molecular formula is C12H10BrNO2. The summed E-state index contributed by atoms with van der Waals surface area (Å²) in [7, 11) is 1.26. The number of benzene rings is 1. The van der Waals surface area contributed by atoms with Gasteiger partial charge < -0.3 is 4.74 Å². The molecule has 1 aromatic rings. The van der Waals surface area contributed by atoms with Crippen molar-refractivity contribution in [3.05, 3.63) is 39.9 Å². The maximum absolute atomic E-state index is 11.3. The van der Waals surface area contributed by atoms with Gasteiger partial charge in [0.25, 0.3) is 0 Å². The van der Waals surface area contributed by atoms with Gasteiger partial charge in [-0.1, -0.05) is 28.1 Å². The number of carbonyl (C=O) groups excluding carboxylic acids is 1. The number of hydrogen-bond donors (Lipinski definition) is 0. The number of esters is 1. The predicted octanol–water partition coefficient (Wildman–Crippen LogP) is 2.92. The summed E-state index contributed by atoms with van der Waals surface area (Å²) >= 11 is 3.33. The molecule has 0 bridgehead atoms. The highest BCUT2D eigenvalue weighted by molar-refractivity contribution is 9.10. The number of ether oxygens (including phenoxy) is 1. The van der Waals surface area contributed by atoms with E-state index in [1.54, 1.807) is 6.92 Å². The van der Waals surface area contributed by atoms with Gasteiger partial charge >= 0.3 is 5.97 Å². The molecule has 0 amide bonds.